The molecular weight excluding hydrogens is 439 g/mol. The van der Waals surface area contributed by atoms with Gasteiger partial charge in [0.2, 0.25) is 0 Å². The second kappa shape index (κ2) is 9.55. The maximum absolute atomic E-state index is 12.2. The van der Waals surface area contributed by atoms with E-state index in [9.17, 15) is 19.5 Å². The van der Waals surface area contributed by atoms with Gasteiger partial charge in [0.25, 0.3) is 5.91 Å². The summed E-state index contributed by atoms with van der Waals surface area (Å²) in [5, 5.41) is 27.9. The van der Waals surface area contributed by atoms with E-state index < -0.39 is 30.9 Å². The summed E-state index contributed by atoms with van der Waals surface area (Å²) in [6.07, 6.45) is 0. The van der Waals surface area contributed by atoms with Crippen LogP contribution in [0.25, 0.3) is 0 Å². The van der Waals surface area contributed by atoms with Crippen molar-refractivity contribution < 1.29 is 34.4 Å². The van der Waals surface area contributed by atoms with Gasteiger partial charge in [-0.15, -0.1) is 0 Å². The summed E-state index contributed by atoms with van der Waals surface area (Å²) in [4.78, 5) is 36.6. The maximum atomic E-state index is 12.2. The van der Waals surface area contributed by atoms with Gasteiger partial charge >= 0.3 is 11.9 Å². The fraction of sp³-hybridized carbons (Fsp3) is 0.211. The highest BCUT2D eigenvalue weighted by molar-refractivity contribution is 6.37. The van der Waals surface area contributed by atoms with E-state index in [4.69, 9.17) is 38.2 Å². The average molecular weight is 457 g/mol. The number of aliphatic carboxylic acids is 2. The third-order valence-corrected chi connectivity index (χ3v) is 4.39. The summed E-state index contributed by atoms with van der Waals surface area (Å²) in [6, 6.07) is 6.65. The van der Waals surface area contributed by atoms with Gasteiger partial charge in [0, 0.05) is 19.8 Å². The van der Waals surface area contributed by atoms with E-state index in [2.05, 4.69) is 0 Å². The van der Waals surface area contributed by atoms with Gasteiger partial charge < -0.3 is 29.9 Å². The molecule has 1 amide bonds. The van der Waals surface area contributed by atoms with E-state index in [1.165, 1.54) is 49.3 Å². The lowest BCUT2D eigenvalue weighted by molar-refractivity contribution is -0.136. The minimum Gasteiger partial charge on any atom is -0.507 e. The molecule has 0 spiro atoms. The highest BCUT2D eigenvalue weighted by atomic mass is 35.5. The predicted molar refractivity (Wildman–Crippen MR) is 110 cm³/mol. The molecule has 9 nitrogen and oxygen atoms in total. The van der Waals surface area contributed by atoms with E-state index in [0.29, 0.717) is 0 Å². The number of hydrogen-bond donors (Lipinski definition) is 3. The number of phenols is 1. The first kappa shape index (κ1) is 23.1. The summed E-state index contributed by atoms with van der Waals surface area (Å²) in [7, 11) is 3.06. The fourth-order valence-corrected chi connectivity index (χ4v) is 3.05. The summed E-state index contributed by atoms with van der Waals surface area (Å²) < 4.78 is 5.67. The molecule has 0 aliphatic carbocycles. The first-order chi connectivity index (χ1) is 14.0. The number of anilines is 1. The highest BCUT2D eigenvalue weighted by Crippen LogP contribution is 2.40. The minimum atomic E-state index is -1.23. The van der Waals surface area contributed by atoms with Crippen molar-refractivity contribution >= 4 is 46.7 Å². The molecule has 0 radical (unpaired) electrons. The Kier molecular flexibility index (Phi) is 7.36. The largest absolute Gasteiger partial charge is 0.507 e. The average Bonchev–Trinajstić information content (AvgIpc) is 2.63. The van der Waals surface area contributed by atoms with Crippen LogP contribution in [0.3, 0.4) is 0 Å². The number of carboxylic acid groups (broad SMARTS) is 2. The third kappa shape index (κ3) is 5.68. The molecule has 30 heavy (non-hydrogen) atoms. The summed E-state index contributed by atoms with van der Waals surface area (Å²) >= 11 is 12.5. The van der Waals surface area contributed by atoms with Crippen molar-refractivity contribution in [3.63, 3.8) is 0 Å². The van der Waals surface area contributed by atoms with E-state index in [0.717, 1.165) is 4.90 Å². The Hall–Kier alpha value is -3.17. The molecule has 2 aromatic carbocycles. The molecule has 3 N–H and O–H groups in total. The van der Waals surface area contributed by atoms with Crippen LogP contribution in [0.2, 0.25) is 10.0 Å². The second-order valence-electron chi connectivity index (χ2n) is 6.36. The molecule has 0 bridgehead atoms. The molecule has 0 saturated heterocycles. The molecule has 0 atom stereocenters. The number of benzene rings is 2. The Morgan fingerprint density at radius 1 is 0.967 bits per heavy atom. The van der Waals surface area contributed by atoms with Crippen LogP contribution in [0.4, 0.5) is 5.69 Å². The fourth-order valence-electron chi connectivity index (χ4n) is 2.50. The number of ether oxygens (including phenoxy) is 1. The molecule has 0 saturated carbocycles. The Balaban J connectivity index is 2.38. The van der Waals surface area contributed by atoms with Crippen LogP contribution in [0.5, 0.6) is 17.2 Å². The molecule has 11 heteroatoms. The molecule has 0 aromatic heterocycles. The van der Waals surface area contributed by atoms with Crippen LogP contribution in [-0.4, -0.2) is 65.3 Å². The van der Waals surface area contributed by atoms with Crippen LogP contribution in [0.15, 0.2) is 30.3 Å². The zero-order chi connectivity index (χ0) is 22.6. The standard InChI is InChI=1S/C19H18Cl2N2O7/c1-22(2)19(29)12-7-11(3-4-15(12)24)30-18-13(20)5-10(6-14(18)21)23(8-16(25)26)9-17(27)28/h3-7,24H,8-9H2,1-2H3,(H,25,26)(H,27,28). The number of halogens is 2. The summed E-state index contributed by atoms with van der Waals surface area (Å²) in [5.41, 5.74) is 0.187. The molecular formula is C19H18Cl2N2O7. The molecule has 0 fully saturated rings. The summed E-state index contributed by atoms with van der Waals surface area (Å²) in [6.45, 7) is -1.15. The number of carbonyl (C=O) groups excluding carboxylic acids is 1. The number of phenolic OH excluding ortho intramolecular Hbond substituents is 1. The maximum Gasteiger partial charge on any atom is 0.323 e. The molecule has 0 unspecified atom stereocenters. The van der Waals surface area contributed by atoms with Gasteiger partial charge in [-0.3, -0.25) is 14.4 Å². The van der Waals surface area contributed by atoms with Crippen molar-refractivity contribution in [1.82, 2.24) is 4.90 Å². The Morgan fingerprint density at radius 2 is 1.50 bits per heavy atom. The van der Waals surface area contributed by atoms with Gasteiger partial charge in [0.1, 0.15) is 24.6 Å². The lowest BCUT2D eigenvalue weighted by Crippen LogP contribution is -2.34. The van der Waals surface area contributed by atoms with Gasteiger partial charge in [0.15, 0.2) is 5.75 Å². The lowest BCUT2D eigenvalue weighted by atomic mass is 10.1. The Bertz CT molecular complexity index is 956. The topological polar surface area (TPSA) is 128 Å². The van der Waals surface area contributed by atoms with Gasteiger partial charge in [-0.1, -0.05) is 23.2 Å². The first-order valence-electron chi connectivity index (χ1n) is 8.39. The van der Waals surface area contributed by atoms with Crippen molar-refractivity contribution in [2.24, 2.45) is 0 Å². The van der Waals surface area contributed by atoms with E-state index in [1.807, 2.05) is 0 Å². The van der Waals surface area contributed by atoms with Crippen LogP contribution < -0.4 is 9.64 Å². The molecule has 0 aliphatic rings. The van der Waals surface area contributed by atoms with E-state index >= 15 is 0 Å². The normalized spacial score (nSPS) is 10.4. The zero-order valence-corrected chi connectivity index (χ0v) is 17.4. The zero-order valence-electron chi connectivity index (χ0n) is 15.9. The molecule has 160 valence electrons. The first-order valence-corrected chi connectivity index (χ1v) is 9.15. The van der Waals surface area contributed by atoms with Crippen LogP contribution in [-0.2, 0) is 9.59 Å². The Labute approximate surface area is 181 Å². The summed E-state index contributed by atoms with van der Waals surface area (Å²) in [5.74, 6) is -2.95. The third-order valence-electron chi connectivity index (χ3n) is 3.82. The van der Waals surface area contributed by atoms with Crippen molar-refractivity contribution in [1.29, 1.82) is 0 Å². The van der Waals surface area contributed by atoms with Crippen LogP contribution >= 0.6 is 23.2 Å². The molecule has 2 aromatic rings. The predicted octanol–water partition coefficient (Wildman–Crippen LogP) is 3.17. The number of carboxylic acids is 2. The number of rotatable bonds is 8. The number of hydrogen-bond acceptors (Lipinski definition) is 6. The van der Waals surface area contributed by atoms with Crippen molar-refractivity contribution in [2.45, 2.75) is 0 Å². The van der Waals surface area contributed by atoms with Gasteiger partial charge in [-0.25, -0.2) is 0 Å². The van der Waals surface area contributed by atoms with Crippen LogP contribution in [0, 0.1) is 0 Å². The van der Waals surface area contributed by atoms with E-state index in [1.54, 1.807) is 0 Å². The number of amides is 1. The Morgan fingerprint density at radius 3 is 1.97 bits per heavy atom. The van der Waals surface area contributed by atoms with Crippen LogP contribution in [0.1, 0.15) is 10.4 Å². The van der Waals surface area contributed by atoms with Gasteiger partial charge in [-0.2, -0.15) is 0 Å². The monoisotopic (exact) mass is 456 g/mol. The van der Waals surface area contributed by atoms with Gasteiger partial charge in [0.05, 0.1) is 15.6 Å². The number of carbonyl (C=O) groups is 3. The van der Waals surface area contributed by atoms with E-state index in [-0.39, 0.29) is 38.5 Å². The molecule has 0 aliphatic heterocycles. The second-order valence-corrected chi connectivity index (χ2v) is 7.18. The van der Waals surface area contributed by atoms with Crippen molar-refractivity contribution in [3.8, 4) is 17.2 Å². The number of nitrogens with zero attached hydrogens (tertiary/aromatic N) is 2. The minimum absolute atomic E-state index is 0.00756. The molecule has 0 heterocycles. The quantitative estimate of drug-likeness (QED) is 0.552. The van der Waals surface area contributed by atoms with Gasteiger partial charge in [-0.05, 0) is 30.3 Å². The van der Waals surface area contributed by atoms with Crippen molar-refractivity contribution in [2.75, 3.05) is 32.1 Å². The number of aromatic hydroxyl groups is 1. The SMILES string of the molecule is CN(C)C(=O)c1cc(Oc2c(Cl)cc(N(CC(=O)O)CC(=O)O)cc2Cl)ccc1O. The molecule has 2 rings (SSSR count). The van der Waals surface area contributed by atoms with Crippen molar-refractivity contribution in [3.05, 3.63) is 45.9 Å². The highest BCUT2D eigenvalue weighted by Gasteiger charge is 2.20. The lowest BCUT2D eigenvalue weighted by Gasteiger charge is -2.22. The smallest absolute Gasteiger partial charge is 0.323 e.